The molecule has 1 N–H and O–H groups in total. The van der Waals surface area contributed by atoms with Crippen molar-refractivity contribution in [2.24, 2.45) is 5.92 Å². The molecule has 4 heteroatoms. The molecule has 9 heavy (non-hydrogen) atoms. The van der Waals surface area contributed by atoms with E-state index in [0.29, 0.717) is 4.99 Å². The number of hydroxylamine groups is 2. The number of rotatable bonds is 1. The molecule has 0 aliphatic carbocycles. The molecule has 0 aliphatic heterocycles. The molecule has 0 unspecified atom stereocenters. The maximum atomic E-state index is 8.68. The summed E-state index contributed by atoms with van der Waals surface area (Å²) in [7, 11) is 1.53. The van der Waals surface area contributed by atoms with Gasteiger partial charge in [-0.05, 0) is 0 Å². The molecule has 0 amide bonds. The summed E-state index contributed by atoms with van der Waals surface area (Å²) in [6, 6.07) is 0. The minimum atomic E-state index is 0. The molecule has 0 heterocycles. The van der Waals surface area contributed by atoms with Crippen molar-refractivity contribution in [2.45, 2.75) is 13.8 Å². The van der Waals surface area contributed by atoms with E-state index in [1.165, 1.54) is 7.05 Å². The number of hydrogen-bond acceptors (Lipinski definition) is 2. The zero-order valence-electron chi connectivity index (χ0n) is 6.09. The van der Waals surface area contributed by atoms with Gasteiger partial charge in [0.15, 0.2) is 0 Å². The summed E-state index contributed by atoms with van der Waals surface area (Å²) >= 11 is 4.78. The fourth-order valence-electron chi connectivity index (χ4n) is 0.374. The molecule has 0 saturated carbocycles. The Kier molecular flexibility index (Phi) is 7.14. The van der Waals surface area contributed by atoms with Crippen LogP contribution in [-0.2, 0) is 19.5 Å². The minimum Gasteiger partial charge on any atom is -0.288 e. The van der Waals surface area contributed by atoms with E-state index in [0.717, 1.165) is 5.06 Å². The van der Waals surface area contributed by atoms with Gasteiger partial charge in [0.2, 0.25) is 0 Å². The minimum absolute atomic E-state index is 0. The smallest absolute Gasteiger partial charge is 0.288 e. The summed E-state index contributed by atoms with van der Waals surface area (Å²) < 4.78 is 0. The molecular formula is C5H11NOSZn+2. The van der Waals surface area contributed by atoms with Gasteiger partial charge >= 0.3 is 19.5 Å². The van der Waals surface area contributed by atoms with E-state index in [9.17, 15) is 0 Å². The summed E-state index contributed by atoms with van der Waals surface area (Å²) in [5.41, 5.74) is 0. The first-order valence-electron chi connectivity index (χ1n) is 2.52. The Bertz CT molecular complexity index is 85.0. The van der Waals surface area contributed by atoms with Crippen molar-refractivity contribution in [1.82, 2.24) is 5.06 Å². The molecule has 0 aromatic carbocycles. The van der Waals surface area contributed by atoms with Crippen LogP contribution < -0.4 is 0 Å². The number of thiocarbonyl (C=S) groups is 1. The van der Waals surface area contributed by atoms with Crippen LogP contribution in [0.2, 0.25) is 0 Å². The number of nitrogens with zero attached hydrogens (tertiary/aromatic N) is 1. The monoisotopic (exact) mass is 197 g/mol. The van der Waals surface area contributed by atoms with Gasteiger partial charge in [0.1, 0.15) is 4.99 Å². The van der Waals surface area contributed by atoms with Crippen LogP contribution >= 0.6 is 12.2 Å². The third-order valence-corrected chi connectivity index (χ3v) is 1.55. The van der Waals surface area contributed by atoms with Crippen molar-refractivity contribution in [3.63, 3.8) is 0 Å². The second-order valence-corrected chi connectivity index (χ2v) is 2.43. The average Bonchev–Trinajstić information content (AvgIpc) is 1.64. The van der Waals surface area contributed by atoms with Crippen LogP contribution in [0, 0.1) is 5.92 Å². The molecular weight excluding hydrogens is 188 g/mol. The maximum absolute atomic E-state index is 8.68. The third kappa shape index (κ3) is 4.95. The molecule has 0 bridgehead atoms. The molecule has 0 spiro atoms. The second-order valence-electron chi connectivity index (χ2n) is 2.02. The normalized spacial score (nSPS) is 8.56. The molecule has 0 rings (SSSR count). The van der Waals surface area contributed by atoms with Crippen molar-refractivity contribution in [2.75, 3.05) is 7.05 Å². The van der Waals surface area contributed by atoms with E-state index in [2.05, 4.69) is 0 Å². The fourth-order valence-corrected chi connectivity index (χ4v) is 0.374. The predicted octanol–water partition coefficient (Wildman–Crippen LogP) is 1.29. The molecule has 0 aliphatic rings. The molecule has 0 aromatic heterocycles. The van der Waals surface area contributed by atoms with Crippen molar-refractivity contribution in [1.29, 1.82) is 0 Å². The fraction of sp³-hybridized carbons (Fsp3) is 0.800. The summed E-state index contributed by atoms with van der Waals surface area (Å²) in [4.78, 5) is 0.574. The predicted molar refractivity (Wildman–Crippen MR) is 37.0 cm³/mol. The largest absolute Gasteiger partial charge is 2.00 e. The quantitative estimate of drug-likeness (QED) is 0.390. The van der Waals surface area contributed by atoms with E-state index in [1.54, 1.807) is 0 Å². The van der Waals surface area contributed by atoms with Crippen LogP contribution in [0.25, 0.3) is 0 Å². The van der Waals surface area contributed by atoms with Crippen LogP contribution in [0.4, 0.5) is 0 Å². The molecule has 48 valence electrons. The van der Waals surface area contributed by atoms with Gasteiger partial charge in [0.25, 0.3) is 0 Å². The summed E-state index contributed by atoms with van der Waals surface area (Å²) in [5, 5.41) is 9.66. The number of hydrogen-bond donors (Lipinski definition) is 1. The van der Waals surface area contributed by atoms with Crippen molar-refractivity contribution in [3.05, 3.63) is 0 Å². The van der Waals surface area contributed by atoms with Gasteiger partial charge in [-0.1, -0.05) is 26.1 Å². The van der Waals surface area contributed by atoms with Crippen molar-refractivity contribution >= 4 is 17.2 Å². The zero-order valence-corrected chi connectivity index (χ0v) is 9.87. The molecule has 0 radical (unpaired) electrons. The second kappa shape index (κ2) is 5.27. The molecule has 0 fully saturated rings. The van der Waals surface area contributed by atoms with Crippen molar-refractivity contribution < 1.29 is 24.7 Å². The van der Waals surface area contributed by atoms with Crippen LogP contribution in [0.1, 0.15) is 13.8 Å². The summed E-state index contributed by atoms with van der Waals surface area (Å²) in [6.45, 7) is 3.88. The first-order chi connectivity index (χ1) is 3.55. The van der Waals surface area contributed by atoms with Gasteiger partial charge in [0, 0.05) is 13.0 Å². The van der Waals surface area contributed by atoms with E-state index < -0.39 is 0 Å². The van der Waals surface area contributed by atoms with E-state index in [-0.39, 0.29) is 25.4 Å². The van der Waals surface area contributed by atoms with Crippen LogP contribution in [0.3, 0.4) is 0 Å². The van der Waals surface area contributed by atoms with E-state index in [1.807, 2.05) is 13.8 Å². The first kappa shape index (κ1) is 12.2. The van der Waals surface area contributed by atoms with Gasteiger partial charge in [0.05, 0.1) is 0 Å². The zero-order chi connectivity index (χ0) is 6.73. The summed E-state index contributed by atoms with van der Waals surface area (Å²) in [5.74, 6) is 0.250. The standard InChI is InChI=1S/C5H11NOS.Zn/c1-4(2)5(8)6(3)7;/h4,7H,1-3H3;/q;+2. The van der Waals surface area contributed by atoms with Crippen molar-refractivity contribution in [3.8, 4) is 0 Å². The Morgan fingerprint density at radius 3 is 1.89 bits per heavy atom. The Morgan fingerprint density at radius 2 is 1.89 bits per heavy atom. The topological polar surface area (TPSA) is 23.5 Å². The van der Waals surface area contributed by atoms with E-state index in [4.69, 9.17) is 17.4 Å². The van der Waals surface area contributed by atoms with Gasteiger partial charge < -0.3 is 0 Å². The van der Waals surface area contributed by atoms with Gasteiger partial charge in [-0.3, -0.25) is 10.3 Å². The molecule has 0 atom stereocenters. The Balaban J connectivity index is 0. The SMILES string of the molecule is CC(C)C(=S)N(C)O.[Zn+2]. The molecule has 0 saturated heterocycles. The Hall–Kier alpha value is 0.473. The Morgan fingerprint density at radius 1 is 1.56 bits per heavy atom. The van der Waals surface area contributed by atoms with Crippen LogP contribution in [0.15, 0.2) is 0 Å². The Labute approximate surface area is 73.9 Å². The molecule has 2 nitrogen and oxygen atoms in total. The van der Waals surface area contributed by atoms with E-state index >= 15 is 0 Å². The van der Waals surface area contributed by atoms with Crippen LogP contribution in [0.5, 0.6) is 0 Å². The molecule has 0 aromatic rings. The summed E-state index contributed by atoms with van der Waals surface area (Å²) in [6.07, 6.45) is 0. The van der Waals surface area contributed by atoms with Gasteiger partial charge in [-0.2, -0.15) is 0 Å². The average molecular weight is 199 g/mol. The van der Waals surface area contributed by atoms with Gasteiger partial charge in [-0.15, -0.1) is 0 Å². The van der Waals surface area contributed by atoms with Crippen LogP contribution in [-0.4, -0.2) is 22.3 Å². The van der Waals surface area contributed by atoms with Gasteiger partial charge in [-0.25, -0.2) is 0 Å². The third-order valence-electron chi connectivity index (χ3n) is 0.813. The maximum Gasteiger partial charge on any atom is 2.00 e. The first-order valence-corrected chi connectivity index (χ1v) is 2.93.